The summed E-state index contributed by atoms with van der Waals surface area (Å²) in [5.74, 6) is -1.51. The molecular weight excluding hydrogens is 390 g/mol. The van der Waals surface area contributed by atoms with Gasteiger partial charge in [0, 0.05) is 22.3 Å². The van der Waals surface area contributed by atoms with Crippen molar-refractivity contribution in [3.63, 3.8) is 0 Å². The SMILES string of the molecule is COC(=O)CCC(=O)N[C@H](Cc1cc(Cl)ccc1Br)C(=O)OC. The van der Waals surface area contributed by atoms with E-state index in [4.69, 9.17) is 16.3 Å². The summed E-state index contributed by atoms with van der Waals surface area (Å²) in [6.07, 6.45) is 0.0751. The lowest BCUT2D eigenvalue weighted by molar-refractivity contribution is -0.145. The van der Waals surface area contributed by atoms with Gasteiger partial charge in [-0.25, -0.2) is 4.79 Å². The zero-order valence-corrected chi connectivity index (χ0v) is 15.1. The number of carbonyl (C=O) groups is 3. The number of hydrogen-bond donors (Lipinski definition) is 1. The maximum absolute atomic E-state index is 11.9. The number of methoxy groups -OCH3 is 2. The molecule has 0 aliphatic heterocycles. The summed E-state index contributed by atoms with van der Waals surface area (Å²) in [4.78, 5) is 34.8. The molecular formula is C15H17BrClNO5. The molecule has 8 heteroatoms. The Bertz CT molecular complexity index is 593. The number of hydrogen-bond acceptors (Lipinski definition) is 5. The Kier molecular flexibility index (Phi) is 8.05. The third kappa shape index (κ3) is 6.58. The summed E-state index contributed by atoms with van der Waals surface area (Å²) in [5, 5.41) is 3.07. The van der Waals surface area contributed by atoms with E-state index in [2.05, 4.69) is 26.0 Å². The van der Waals surface area contributed by atoms with Crippen LogP contribution in [0.25, 0.3) is 0 Å². The molecule has 1 aromatic carbocycles. The zero-order chi connectivity index (χ0) is 17.4. The van der Waals surface area contributed by atoms with Gasteiger partial charge in [-0.2, -0.15) is 0 Å². The second-order valence-electron chi connectivity index (χ2n) is 4.66. The zero-order valence-electron chi connectivity index (χ0n) is 12.7. The van der Waals surface area contributed by atoms with Gasteiger partial charge in [-0.1, -0.05) is 27.5 Å². The van der Waals surface area contributed by atoms with Crippen LogP contribution in [0.2, 0.25) is 5.02 Å². The third-order valence-corrected chi connectivity index (χ3v) is 4.05. The maximum atomic E-state index is 11.9. The number of amides is 1. The lowest BCUT2D eigenvalue weighted by Gasteiger charge is -2.17. The number of benzene rings is 1. The fourth-order valence-corrected chi connectivity index (χ4v) is 2.44. The van der Waals surface area contributed by atoms with Gasteiger partial charge in [0.1, 0.15) is 6.04 Å². The number of carbonyl (C=O) groups excluding carboxylic acids is 3. The standard InChI is InChI=1S/C15H17BrClNO5/c1-22-14(20)6-5-13(19)18-12(15(21)23-2)8-9-7-10(17)3-4-11(9)16/h3-4,7,12H,5-6,8H2,1-2H3,(H,18,19)/t12-/m1/s1. The topological polar surface area (TPSA) is 81.7 Å². The molecule has 0 saturated carbocycles. The van der Waals surface area contributed by atoms with E-state index in [1.54, 1.807) is 18.2 Å². The lowest BCUT2D eigenvalue weighted by atomic mass is 10.1. The van der Waals surface area contributed by atoms with E-state index in [0.29, 0.717) is 5.02 Å². The highest BCUT2D eigenvalue weighted by molar-refractivity contribution is 9.10. The normalized spacial score (nSPS) is 11.5. The second-order valence-corrected chi connectivity index (χ2v) is 5.95. The predicted octanol–water partition coefficient (Wildman–Crippen LogP) is 2.26. The summed E-state index contributed by atoms with van der Waals surface area (Å²) in [7, 11) is 2.48. The molecule has 0 unspecified atom stereocenters. The van der Waals surface area contributed by atoms with Gasteiger partial charge in [0.15, 0.2) is 0 Å². The molecule has 0 bridgehead atoms. The number of halogens is 2. The summed E-state index contributed by atoms with van der Waals surface area (Å²) < 4.78 is 9.94. The van der Waals surface area contributed by atoms with Gasteiger partial charge in [0.05, 0.1) is 20.6 Å². The quantitative estimate of drug-likeness (QED) is 0.702. The van der Waals surface area contributed by atoms with Gasteiger partial charge in [0.25, 0.3) is 0 Å². The summed E-state index contributed by atoms with van der Waals surface area (Å²) in [6, 6.07) is 4.28. The van der Waals surface area contributed by atoms with Crippen LogP contribution >= 0.6 is 27.5 Å². The molecule has 0 aromatic heterocycles. The van der Waals surface area contributed by atoms with Crippen LogP contribution in [-0.4, -0.2) is 38.1 Å². The van der Waals surface area contributed by atoms with Crippen LogP contribution in [-0.2, 0) is 30.3 Å². The maximum Gasteiger partial charge on any atom is 0.328 e. The van der Waals surface area contributed by atoms with Crippen molar-refractivity contribution in [2.24, 2.45) is 0 Å². The van der Waals surface area contributed by atoms with Crippen molar-refractivity contribution in [3.8, 4) is 0 Å². The molecule has 1 N–H and O–H groups in total. The minimum Gasteiger partial charge on any atom is -0.469 e. The molecule has 1 aromatic rings. The molecule has 6 nitrogen and oxygen atoms in total. The molecule has 0 saturated heterocycles. The smallest absolute Gasteiger partial charge is 0.328 e. The first-order valence-electron chi connectivity index (χ1n) is 6.75. The van der Waals surface area contributed by atoms with Crippen LogP contribution in [0.3, 0.4) is 0 Å². The van der Waals surface area contributed by atoms with Crippen molar-refractivity contribution in [3.05, 3.63) is 33.3 Å². The van der Waals surface area contributed by atoms with E-state index in [1.165, 1.54) is 14.2 Å². The first-order chi connectivity index (χ1) is 10.9. The molecule has 0 aliphatic rings. The fraction of sp³-hybridized carbons (Fsp3) is 0.400. The fourth-order valence-electron chi connectivity index (χ4n) is 1.84. The van der Waals surface area contributed by atoms with Crippen LogP contribution in [0.1, 0.15) is 18.4 Å². The monoisotopic (exact) mass is 405 g/mol. The Hall–Kier alpha value is -1.60. The van der Waals surface area contributed by atoms with E-state index < -0.39 is 23.9 Å². The van der Waals surface area contributed by atoms with Crippen LogP contribution < -0.4 is 5.32 Å². The van der Waals surface area contributed by atoms with Gasteiger partial charge in [-0.3, -0.25) is 9.59 Å². The second kappa shape index (κ2) is 9.52. The van der Waals surface area contributed by atoms with Gasteiger partial charge in [-0.15, -0.1) is 0 Å². The van der Waals surface area contributed by atoms with Crippen LogP contribution in [0.5, 0.6) is 0 Å². The molecule has 0 heterocycles. The highest BCUT2D eigenvalue weighted by Crippen LogP contribution is 2.22. The average molecular weight is 407 g/mol. The van der Waals surface area contributed by atoms with Gasteiger partial charge in [0.2, 0.25) is 5.91 Å². The summed E-state index contributed by atoms with van der Waals surface area (Å²) in [5.41, 5.74) is 0.751. The Morgan fingerprint density at radius 3 is 2.52 bits per heavy atom. The first kappa shape index (κ1) is 19.4. The molecule has 1 amide bonds. The van der Waals surface area contributed by atoms with Gasteiger partial charge in [-0.05, 0) is 23.8 Å². The minimum atomic E-state index is -0.875. The van der Waals surface area contributed by atoms with Crippen molar-refractivity contribution < 1.29 is 23.9 Å². The molecule has 1 rings (SSSR count). The predicted molar refractivity (Wildman–Crippen MR) is 88.1 cm³/mol. The van der Waals surface area contributed by atoms with E-state index in [-0.39, 0.29) is 19.3 Å². The van der Waals surface area contributed by atoms with Crippen molar-refractivity contribution in [1.82, 2.24) is 5.32 Å². The van der Waals surface area contributed by atoms with Crippen LogP contribution in [0.15, 0.2) is 22.7 Å². The molecule has 126 valence electrons. The summed E-state index contributed by atoms with van der Waals surface area (Å²) >= 11 is 9.31. The van der Waals surface area contributed by atoms with Crippen LogP contribution in [0, 0.1) is 0 Å². The number of esters is 2. The van der Waals surface area contributed by atoms with Gasteiger partial charge < -0.3 is 14.8 Å². The number of ether oxygens (including phenoxy) is 2. The first-order valence-corrected chi connectivity index (χ1v) is 7.92. The summed E-state index contributed by atoms with van der Waals surface area (Å²) in [6.45, 7) is 0. The van der Waals surface area contributed by atoms with Crippen molar-refractivity contribution in [2.45, 2.75) is 25.3 Å². The Morgan fingerprint density at radius 1 is 1.22 bits per heavy atom. The molecule has 1 atom stereocenters. The lowest BCUT2D eigenvalue weighted by Crippen LogP contribution is -2.43. The minimum absolute atomic E-state index is 0.0584. The number of rotatable bonds is 7. The third-order valence-electron chi connectivity index (χ3n) is 3.04. The highest BCUT2D eigenvalue weighted by atomic mass is 79.9. The Balaban J connectivity index is 2.77. The molecule has 23 heavy (non-hydrogen) atoms. The molecule has 0 aliphatic carbocycles. The largest absolute Gasteiger partial charge is 0.469 e. The Labute approximate surface area is 147 Å². The van der Waals surface area contributed by atoms with Crippen molar-refractivity contribution in [2.75, 3.05) is 14.2 Å². The Morgan fingerprint density at radius 2 is 1.91 bits per heavy atom. The van der Waals surface area contributed by atoms with E-state index in [1.807, 2.05) is 0 Å². The molecule has 0 spiro atoms. The van der Waals surface area contributed by atoms with Gasteiger partial charge >= 0.3 is 11.9 Å². The number of nitrogens with one attached hydrogen (secondary N) is 1. The van der Waals surface area contributed by atoms with Crippen molar-refractivity contribution >= 4 is 45.4 Å². The molecule has 0 radical (unpaired) electrons. The van der Waals surface area contributed by atoms with E-state index >= 15 is 0 Å². The highest BCUT2D eigenvalue weighted by Gasteiger charge is 2.23. The average Bonchev–Trinajstić information content (AvgIpc) is 2.54. The van der Waals surface area contributed by atoms with E-state index in [0.717, 1.165) is 10.0 Å². The molecule has 0 fully saturated rings. The van der Waals surface area contributed by atoms with Crippen molar-refractivity contribution in [1.29, 1.82) is 0 Å². The van der Waals surface area contributed by atoms with E-state index in [9.17, 15) is 14.4 Å². The van der Waals surface area contributed by atoms with Crippen LogP contribution in [0.4, 0.5) is 0 Å².